The highest BCUT2D eigenvalue weighted by atomic mass is 19.1. The second kappa shape index (κ2) is 4.79. The van der Waals surface area contributed by atoms with Gasteiger partial charge < -0.3 is 10.3 Å². The molecular formula is C12H8F2N2O2. The number of H-pyrrole nitrogens is 1. The molecule has 2 N–H and O–H groups in total. The van der Waals surface area contributed by atoms with E-state index in [1.54, 1.807) is 0 Å². The van der Waals surface area contributed by atoms with Crippen molar-refractivity contribution >= 4 is 11.6 Å². The van der Waals surface area contributed by atoms with Crippen LogP contribution < -0.4 is 10.9 Å². The van der Waals surface area contributed by atoms with Crippen LogP contribution in [-0.4, -0.2) is 10.9 Å². The molecule has 18 heavy (non-hydrogen) atoms. The van der Waals surface area contributed by atoms with Crippen molar-refractivity contribution in [2.75, 3.05) is 5.32 Å². The van der Waals surface area contributed by atoms with Gasteiger partial charge in [-0.1, -0.05) is 6.07 Å². The van der Waals surface area contributed by atoms with Crippen molar-refractivity contribution in [1.82, 2.24) is 4.98 Å². The molecule has 0 bridgehead atoms. The molecule has 0 saturated carbocycles. The Labute approximate surface area is 100 Å². The number of hydrogen-bond donors (Lipinski definition) is 2. The molecule has 0 aliphatic heterocycles. The van der Waals surface area contributed by atoms with Crippen LogP contribution in [0.15, 0.2) is 41.3 Å². The van der Waals surface area contributed by atoms with Crippen LogP contribution in [0.2, 0.25) is 0 Å². The molecule has 0 unspecified atom stereocenters. The van der Waals surface area contributed by atoms with Gasteiger partial charge >= 0.3 is 0 Å². The number of nitrogens with one attached hydrogen (secondary N) is 2. The third-order valence-corrected chi connectivity index (χ3v) is 2.25. The van der Waals surface area contributed by atoms with Crippen LogP contribution in [0.4, 0.5) is 14.5 Å². The number of benzene rings is 1. The molecule has 2 aromatic rings. The maximum absolute atomic E-state index is 13.3. The molecule has 6 heteroatoms. The van der Waals surface area contributed by atoms with Crippen LogP contribution in [-0.2, 0) is 0 Å². The van der Waals surface area contributed by atoms with Crippen LogP contribution in [0.25, 0.3) is 0 Å². The van der Waals surface area contributed by atoms with E-state index in [2.05, 4.69) is 10.3 Å². The molecule has 0 fully saturated rings. The number of rotatable bonds is 2. The van der Waals surface area contributed by atoms with E-state index in [1.807, 2.05) is 0 Å². The number of carbonyl (C=O) groups excluding carboxylic acids is 1. The predicted molar refractivity (Wildman–Crippen MR) is 61.4 cm³/mol. The van der Waals surface area contributed by atoms with Crippen LogP contribution in [0.1, 0.15) is 10.4 Å². The molecule has 92 valence electrons. The van der Waals surface area contributed by atoms with E-state index in [-0.39, 0.29) is 11.1 Å². The minimum absolute atomic E-state index is 0.0947. The molecule has 0 spiro atoms. The summed E-state index contributed by atoms with van der Waals surface area (Å²) in [6, 6.07) is 5.66. The van der Waals surface area contributed by atoms with Crippen molar-refractivity contribution in [3.05, 3.63) is 64.1 Å². The monoisotopic (exact) mass is 250 g/mol. The van der Waals surface area contributed by atoms with Crippen molar-refractivity contribution in [1.29, 1.82) is 0 Å². The number of amides is 1. The van der Waals surface area contributed by atoms with Gasteiger partial charge in [-0.25, -0.2) is 8.78 Å². The van der Waals surface area contributed by atoms with Crippen molar-refractivity contribution in [3.63, 3.8) is 0 Å². The number of aromatic amines is 1. The quantitative estimate of drug-likeness (QED) is 0.855. The summed E-state index contributed by atoms with van der Waals surface area (Å²) in [5.41, 5.74) is -0.797. The van der Waals surface area contributed by atoms with Crippen molar-refractivity contribution in [2.45, 2.75) is 0 Å². The summed E-state index contributed by atoms with van der Waals surface area (Å²) in [5.74, 6) is -2.45. The number of hydrogen-bond acceptors (Lipinski definition) is 2. The Morgan fingerprint density at radius 1 is 1.11 bits per heavy atom. The van der Waals surface area contributed by atoms with Gasteiger partial charge in [-0.05, 0) is 18.2 Å². The Bertz CT molecular complexity index is 612. The van der Waals surface area contributed by atoms with Gasteiger partial charge in [-0.15, -0.1) is 0 Å². The molecule has 0 atom stereocenters. The largest absolute Gasteiger partial charge is 0.328 e. The molecule has 1 heterocycles. The van der Waals surface area contributed by atoms with E-state index < -0.39 is 23.2 Å². The Kier molecular flexibility index (Phi) is 3.18. The van der Waals surface area contributed by atoms with Crippen LogP contribution in [0, 0.1) is 11.6 Å². The average molecular weight is 250 g/mol. The van der Waals surface area contributed by atoms with Gasteiger partial charge in [0.05, 0.1) is 5.56 Å². The smallest absolute Gasteiger partial charge is 0.257 e. The molecule has 0 aliphatic carbocycles. The molecule has 1 aromatic carbocycles. The lowest BCUT2D eigenvalue weighted by atomic mass is 10.2. The molecule has 1 aromatic heterocycles. The summed E-state index contributed by atoms with van der Waals surface area (Å²) in [6.45, 7) is 0. The second-order valence-electron chi connectivity index (χ2n) is 3.49. The first-order valence-electron chi connectivity index (χ1n) is 5.02. The zero-order valence-corrected chi connectivity index (χ0v) is 9.04. The fourth-order valence-corrected chi connectivity index (χ4v) is 1.35. The topological polar surface area (TPSA) is 62.0 Å². The van der Waals surface area contributed by atoms with Crippen LogP contribution in [0.3, 0.4) is 0 Å². The maximum atomic E-state index is 13.3. The fourth-order valence-electron chi connectivity index (χ4n) is 1.35. The average Bonchev–Trinajstić information content (AvgIpc) is 2.34. The summed E-state index contributed by atoms with van der Waals surface area (Å²) in [4.78, 5) is 24.8. The number of pyridine rings is 1. The number of para-hydroxylation sites is 1. The van der Waals surface area contributed by atoms with Crippen molar-refractivity contribution < 1.29 is 13.6 Å². The molecule has 1 amide bonds. The molecule has 0 aliphatic rings. The van der Waals surface area contributed by atoms with E-state index in [1.165, 1.54) is 12.1 Å². The number of carbonyl (C=O) groups is 1. The highest BCUT2D eigenvalue weighted by Gasteiger charge is 2.13. The van der Waals surface area contributed by atoms with Gasteiger partial charge in [0.1, 0.15) is 17.3 Å². The first-order valence-corrected chi connectivity index (χ1v) is 5.02. The maximum Gasteiger partial charge on any atom is 0.257 e. The zero-order chi connectivity index (χ0) is 13.1. The normalized spacial score (nSPS) is 10.1. The number of halogens is 2. The third-order valence-electron chi connectivity index (χ3n) is 2.25. The highest BCUT2D eigenvalue weighted by molar-refractivity contribution is 6.04. The van der Waals surface area contributed by atoms with E-state index in [4.69, 9.17) is 0 Å². The van der Waals surface area contributed by atoms with Gasteiger partial charge in [0, 0.05) is 12.3 Å². The zero-order valence-electron chi connectivity index (χ0n) is 9.04. The van der Waals surface area contributed by atoms with Crippen LogP contribution >= 0.6 is 0 Å². The number of anilines is 1. The van der Waals surface area contributed by atoms with Gasteiger partial charge in [0.25, 0.3) is 5.91 Å². The lowest BCUT2D eigenvalue weighted by Gasteiger charge is -2.06. The lowest BCUT2D eigenvalue weighted by molar-refractivity contribution is 0.102. The second-order valence-corrected chi connectivity index (χ2v) is 3.49. The Hall–Kier alpha value is -2.50. The van der Waals surface area contributed by atoms with Crippen molar-refractivity contribution in [3.8, 4) is 0 Å². The molecular weight excluding hydrogens is 242 g/mol. The fraction of sp³-hybridized carbons (Fsp3) is 0. The molecule has 0 radical (unpaired) electrons. The SMILES string of the molecule is O=C(Nc1c(F)cccc1F)c1ccc(=O)[nH]c1. The standard InChI is InChI=1S/C12H8F2N2O2/c13-8-2-1-3-9(14)11(8)16-12(18)7-4-5-10(17)15-6-7/h1-6H,(H,15,17)(H,16,18). The van der Waals surface area contributed by atoms with Crippen LogP contribution in [0.5, 0.6) is 0 Å². The van der Waals surface area contributed by atoms with E-state index in [0.29, 0.717) is 0 Å². The minimum atomic E-state index is -0.868. The predicted octanol–water partition coefficient (Wildman–Crippen LogP) is 1.91. The first kappa shape index (κ1) is 12.0. The Balaban J connectivity index is 2.27. The van der Waals surface area contributed by atoms with Gasteiger partial charge in [-0.2, -0.15) is 0 Å². The summed E-state index contributed by atoms with van der Waals surface area (Å²) in [5, 5.41) is 2.10. The minimum Gasteiger partial charge on any atom is -0.328 e. The van der Waals surface area contributed by atoms with Gasteiger partial charge in [0.15, 0.2) is 0 Å². The first-order chi connectivity index (χ1) is 8.58. The lowest BCUT2D eigenvalue weighted by Crippen LogP contribution is -2.16. The Morgan fingerprint density at radius 3 is 2.33 bits per heavy atom. The van der Waals surface area contributed by atoms with Gasteiger partial charge in [-0.3, -0.25) is 9.59 Å². The molecule has 4 nitrogen and oxygen atoms in total. The van der Waals surface area contributed by atoms with E-state index >= 15 is 0 Å². The summed E-state index contributed by atoms with van der Waals surface area (Å²) in [6.07, 6.45) is 1.16. The number of aromatic nitrogens is 1. The van der Waals surface area contributed by atoms with E-state index in [9.17, 15) is 18.4 Å². The van der Waals surface area contributed by atoms with Gasteiger partial charge in [0.2, 0.25) is 5.56 Å². The van der Waals surface area contributed by atoms with Crippen molar-refractivity contribution in [2.24, 2.45) is 0 Å². The Morgan fingerprint density at radius 2 is 1.78 bits per heavy atom. The molecule has 0 saturated heterocycles. The summed E-state index contributed by atoms with van der Waals surface area (Å²) in [7, 11) is 0. The molecule has 2 rings (SSSR count). The highest BCUT2D eigenvalue weighted by Crippen LogP contribution is 2.18. The summed E-state index contributed by atoms with van der Waals surface area (Å²) < 4.78 is 26.6. The third kappa shape index (κ3) is 2.42. The van der Waals surface area contributed by atoms with E-state index in [0.717, 1.165) is 24.4 Å². The summed E-state index contributed by atoms with van der Waals surface area (Å²) >= 11 is 0.